The van der Waals surface area contributed by atoms with Crippen LogP contribution in [0.25, 0.3) is 0 Å². The van der Waals surface area contributed by atoms with Crippen LogP contribution in [0.1, 0.15) is 63.3 Å². The highest BCUT2D eigenvalue weighted by molar-refractivity contribution is 5.33. The lowest BCUT2D eigenvalue weighted by Gasteiger charge is -2.31. The van der Waals surface area contributed by atoms with E-state index in [1.54, 1.807) is 42.3 Å². The number of aromatic nitrogens is 1. The van der Waals surface area contributed by atoms with Crippen LogP contribution in [0.15, 0.2) is 30.3 Å². The van der Waals surface area contributed by atoms with Gasteiger partial charge in [0.15, 0.2) is 6.54 Å². The molecule has 0 aliphatic rings. The average molecular weight is 962 g/mol. The van der Waals surface area contributed by atoms with E-state index in [9.17, 15) is 92.2 Å². The molecule has 0 spiro atoms. The first-order valence-electron chi connectivity index (χ1n) is 15.7. The first-order valence-corrected chi connectivity index (χ1v) is 15.7. The van der Waals surface area contributed by atoms with Crippen LogP contribution in [0.4, 0.5) is 92.2 Å². The van der Waals surface area contributed by atoms with Gasteiger partial charge in [0, 0.05) is 5.56 Å². The van der Waals surface area contributed by atoms with Crippen molar-refractivity contribution in [1.29, 1.82) is 0 Å². The zero-order valence-electron chi connectivity index (χ0n) is 32.7. The minimum absolute atomic E-state index is 0. The number of halogens is 21. The maximum Gasteiger partial charge on any atom is 0.568 e. The Bertz CT molecular complexity index is 1400. The Kier molecular flexibility index (Phi) is 26.2. The molecule has 0 N–H and O–H groups in total. The van der Waals surface area contributed by atoms with Crippen molar-refractivity contribution in [3.05, 3.63) is 64.0 Å². The highest BCUT2D eigenvalue weighted by Gasteiger charge is 2.65. The lowest BCUT2D eigenvalue weighted by Crippen LogP contribution is -2.60. The molecule has 0 saturated carbocycles. The van der Waals surface area contributed by atoms with Crippen LogP contribution in [-0.2, 0) is 37.8 Å². The van der Waals surface area contributed by atoms with Gasteiger partial charge in [-0.25, -0.2) is 4.98 Å². The Labute approximate surface area is 349 Å². The summed E-state index contributed by atoms with van der Waals surface area (Å²) < 4.78 is 252. The Balaban J connectivity index is -0.000000172. The molecule has 2 rings (SSSR count). The van der Waals surface area contributed by atoms with E-state index >= 15 is 0 Å². The zero-order valence-corrected chi connectivity index (χ0v) is 32.7. The molecule has 1 aromatic heterocycles. The normalized spacial score (nSPS) is 13.2. The van der Waals surface area contributed by atoms with Crippen molar-refractivity contribution in [2.24, 2.45) is 0 Å². The summed E-state index contributed by atoms with van der Waals surface area (Å²) in [6, 6.07) is 2.34. The topological polar surface area (TPSA) is 12.9 Å². The van der Waals surface area contributed by atoms with Crippen molar-refractivity contribution in [3.8, 4) is 0 Å². The summed E-state index contributed by atoms with van der Waals surface area (Å²) in [5.74, 6) is 0. The molecule has 0 unspecified atom stereocenters. The smallest absolute Gasteiger partial charge is 0.327 e. The Morgan fingerprint density at radius 1 is 0.387 bits per heavy atom. The second-order valence-electron chi connectivity index (χ2n) is 16.0. The highest BCUT2D eigenvalue weighted by Crippen LogP contribution is 2.39. The molecule has 0 aliphatic carbocycles. The molecular formula is C36H60F21N5+4. The molecule has 0 fully saturated rings. The molecule has 0 aliphatic heterocycles. The van der Waals surface area contributed by atoms with Gasteiger partial charge in [-0.15, -0.1) is 30.8 Å². The van der Waals surface area contributed by atoms with Crippen molar-refractivity contribution in [3.63, 3.8) is 0 Å². The first-order chi connectivity index (χ1) is 24.8. The number of alkyl halides is 21. The van der Waals surface area contributed by atoms with Gasteiger partial charge < -0.3 is 13.4 Å². The largest absolute Gasteiger partial charge is 0.568 e. The Hall–Kier alpha value is -3.26. The van der Waals surface area contributed by atoms with Crippen molar-refractivity contribution >= 4 is 0 Å². The minimum Gasteiger partial charge on any atom is -0.327 e. The standard InChI is InChI=1S/C12H14F6N.C11H13F6N2.C5H11F3N.C4H6F6N.4CH4/c1-19(2,3)7-8-4-9(11(13,14)15)6-10(5-8)12(16,17)18;1-19(2,3)6-8-4-7(10(12,13)14)5-9(18-8)11(15,16)17;1-9(2,3)4-5(6,7)8;1-11(2,3(5,6)7)4(8,9)10;;;;/h4-6H,7H2,1-3H3;4-5H,6H2,1-3H3;4H2,1-3H3;1-2H3;4*1H4/q4*+1;;;;. The van der Waals surface area contributed by atoms with E-state index in [0.29, 0.717) is 6.07 Å². The minimum atomic E-state index is -5.31. The van der Waals surface area contributed by atoms with Crippen molar-refractivity contribution < 1.29 is 110 Å². The number of hydrogen-bond donors (Lipinski definition) is 0. The molecule has 2 aromatic rings. The third kappa shape index (κ3) is 28.4. The lowest BCUT2D eigenvalue weighted by molar-refractivity contribution is -1.08. The van der Waals surface area contributed by atoms with E-state index in [0.717, 1.165) is 12.1 Å². The molecule has 0 saturated heterocycles. The van der Waals surface area contributed by atoms with Crippen LogP contribution in [-0.4, -0.2) is 126 Å². The van der Waals surface area contributed by atoms with Crippen molar-refractivity contribution in [2.45, 2.75) is 86.3 Å². The monoisotopic (exact) mass is 961 g/mol. The van der Waals surface area contributed by atoms with Gasteiger partial charge in [-0.1, -0.05) is 29.7 Å². The van der Waals surface area contributed by atoms with Gasteiger partial charge in [0.2, 0.25) is 0 Å². The summed E-state index contributed by atoms with van der Waals surface area (Å²) in [4.78, 5) is 3.26. The third-order valence-corrected chi connectivity index (χ3v) is 6.36. The average Bonchev–Trinajstić information content (AvgIpc) is 2.86. The van der Waals surface area contributed by atoms with E-state index in [-0.39, 0.29) is 93.7 Å². The number of pyridine rings is 1. The van der Waals surface area contributed by atoms with Gasteiger partial charge in [-0.2, -0.15) is 65.9 Å². The molecule has 0 atom stereocenters. The number of rotatable bonds is 5. The van der Waals surface area contributed by atoms with Gasteiger partial charge in [0.25, 0.3) is 0 Å². The van der Waals surface area contributed by atoms with Crippen LogP contribution < -0.4 is 0 Å². The van der Waals surface area contributed by atoms with E-state index in [1.165, 1.54) is 21.1 Å². The summed E-state index contributed by atoms with van der Waals surface area (Å²) in [6.45, 7) is -0.729. The second kappa shape index (κ2) is 23.1. The van der Waals surface area contributed by atoms with Crippen molar-refractivity contribution in [2.75, 3.05) is 84.1 Å². The maximum atomic E-state index is 12.6. The summed E-state index contributed by atoms with van der Waals surface area (Å²) in [7, 11) is 14.6. The highest BCUT2D eigenvalue weighted by atomic mass is 19.4. The molecule has 1 aromatic carbocycles. The SMILES string of the molecule is C.C.C.C.C[N+](C)(C(F)(F)F)C(F)(F)F.C[N+](C)(C)CC(F)(F)F.C[N+](C)(C)Cc1cc(C(F)(F)F)cc(C(F)(F)F)c1.C[N+](C)(C)Cc1cc(C(F)(F)F)cc(C(F)(F)F)n1. The van der Waals surface area contributed by atoms with E-state index in [2.05, 4.69) is 4.98 Å². The molecule has 0 amide bonds. The van der Waals surface area contributed by atoms with E-state index in [1.807, 2.05) is 0 Å². The maximum absolute atomic E-state index is 12.6. The molecule has 0 bridgehead atoms. The lowest BCUT2D eigenvalue weighted by atomic mass is 10.0. The fraction of sp³-hybridized carbons (Fsp3) is 0.694. The number of nitrogens with zero attached hydrogens (tertiary/aromatic N) is 5. The molecule has 5 nitrogen and oxygen atoms in total. The van der Waals surface area contributed by atoms with Gasteiger partial charge in [0.1, 0.15) is 18.8 Å². The number of hydrogen-bond acceptors (Lipinski definition) is 1. The summed E-state index contributed by atoms with van der Waals surface area (Å²) in [5, 5.41) is 0. The van der Waals surface area contributed by atoms with Gasteiger partial charge in [0.05, 0.1) is 99.9 Å². The first kappa shape index (κ1) is 70.4. The Morgan fingerprint density at radius 2 is 0.694 bits per heavy atom. The van der Waals surface area contributed by atoms with Gasteiger partial charge in [-0.3, -0.25) is 0 Å². The Morgan fingerprint density at radius 3 is 0.887 bits per heavy atom. The molecule has 0 radical (unpaired) electrons. The second-order valence-corrected chi connectivity index (χ2v) is 16.0. The van der Waals surface area contributed by atoms with Crippen LogP contribution in [0.3, 0.4) is 0 Å². The molecule has 372 valence electrons. The predicted molar refractivity (Wildman–Crippen MR) is 194 cm³/mol. The predicted octanol–water partition coefficient (Wildman–Crippen LogP) is 13.2. The fourth-order valence-corrected chi connectivity index (χ4v) is 3.80. The number of benzene rings is 1. The molecule has 26 heteroatoms. The number of quaternary nitrogens is 4. The zero-order chi connectivity index (χ0) is 47.3. The van der Waals surface area contributed by atoms with Crippen molar-refractivity contribution in [1.82, 2.24) is 4.98 Å². The van der Waals surface area contributed by atoms with E-state index in [4.69, 9.17) is 0 Å². The van der Waals surface area contributed by atoms with Gasteiger partial charge >= 0.3 is 43.5 Å². The summed E-state index contributed by atoms with van der Waals surface area (Å²) in [6.07, 6.45) is -34.0. The molecule has 62 heavy (non-hydrogen) atoms. The fourth-order valence-electron chi connectivity index (χ4n) is 3.80. The van der Waals surface area contributed by atoms with Crippen LogP contribution in [0, 0.1) is 0 Å². The molecular weight excluding hydrogens is 901 g/mol. The van der Waals surface area contributed by atoms with E-state index < -0.39 is 76.9 Å². The summed E-state index contributed by atoms with van der Waals surface area (Å²) in [5.41, 5.74) is -5.63. The van der Waals surface area contributed by atoms with Crippen LogP contribution in [0.5, 0.6) is 0 Å². The third-order valence-electron chi connectivity index (χ3n) is 6.36. The quantitative estimate of drug-likeness (QED) is 0.165. The summed E-state index contributed by atoms with van der Waals surface area (Å²) >= 11 is 0. The van der Waals surface area contributed by atoms with Crippen LogP contribution >= 0.6 is 0 Å². The van der Waals surface area contributed by atoms with Crippen LogP contribution in [0.2, 0.25) is 0 Å². The van der Waals surface area contributed by atoms with Gasteiger partial charge in [-0.05, 0) is 30.3 Å². The molecule has 1 heterocycles.